The second-order valence-corrected chi connectivity index (χ2v) is 1.31. The number of hydrogen-bond donors (Lipinski definition) is 0. The molecule has 3 heteroatoms. The number of rotatable bonds is 0. The van der Waals surface area contributed by atoms with Crippen LogP contribution in [0.25, 0.3) is 0 Å². The fraction of sp³-hybridized carbons (Fsp3) is 0. The van der Waals surface area contributed by atoms with Crippen LogP contribution in [0.2, 0.25) is 0 Å². The third kappa shape index (κ3) is 2.96. The van der Waals surface area contributed by atoms with E-state index in [9.17, 15) is 0 Å². The quantitative estimate of drug-likeness (QED) is 0.560. The van der Waals surface area contributed by atoms with Crippen LogP contribution in [0.1, 0.15) is 5.56 Å². The van der Waals surface area contributed by atoms with Crippen LogP contribution in [-0.4, -0.2) is 0 Å². The van der Waals surface area contributed by atoms with E-state index < -0.39 is 0 Å². The van der Waals surface area contributed by atoms with Crippen LogP contribution in [0, 0.1) is 23.5 Å². The van der Waals surface area contributed by atoms with Gasteiger partial charge in [-0.3, -0.25) is 35.6 Å². The van der Waals surface area contributed by atoms with Crippen LogP contribution in [0.5, 0.6) is 0 Å². The predicted octanol–water partition coefficient (Wildman–Crippen LogP) is 1.16. The van der Waals surface area contributed by atoms with Gasteiger partial charge in [0.2, 0.25) is 0 Å². The summed E-state index contributed by atoms with van der Waals surface area (Å²) in [5, 5.41) is 8.24. The Hall–Kier alpha value is -1.19. The van der Waals surface area contributed by atoms with Gasteiger partial charge >= 0.3 is 0 Å². The molecule has 49 valence electrons. The SMILES string of the molecule is N#Cc1[c-]cc[c-]c1.[Cm].[Y]. The fourth-order valence-corrected chi connectivity index (χ4v) is 0.417. The van der Waals surface area contributed by atoms with Gasteiger partial charge in [0.1, 0.15) is 0 Å². The van der Waals surface area contributed by atoms with E-state index in [0.29, 0.717) is 5.56 Å². The number of nitrogens with zero attached hydrogens (tertiary/aromatic N) is 1. The summed E-state index contributed by atoms with van der Waals surface area (Å²) in [6.45, 7) is 0. The number of nitriles is 1. The normalized spacial score (nSPS) is 6.30. The van der Waals surface area contributed by atoms with Crippen LogP contribution >= 0.6 is 0 Å². The Balaban J connectivity index is 0. The minimum Gasteiger partial charge on any atom is -0.285 e. The van der Waals surface area contributed by atoms with Gasteiger partial charge in [-0.2, -0.15) is 5.56 Å². The molecule has 0 aliphatic rings. The molecule has 0 heterocycles. The molecular weight excluding hydrogens is 434 g/mol. The van der Waals surface area contributed by atoms with Gasteiger partial charge in [0.25, 0.3) is 0 Å². The zero-order valence-corrected chi connectivity index (χ0v) is 10.9. The van der Waals surface area contributed by atoms with Crippen molar-refractivity contribution in [3.05, 3.63) is 35.9 Å². The summed E-state index contributed by atoms with van der Waals surface area (Å²) in [7, 11) is 0. The molecule has 10 heavy (non-hydrogen) atoms. The third-order valence-electron chi connectivity index (χ3n) is 0.767. The van der Waals surface area contributed by atoms with Crippen molar-refractivity contribution in [2.75, 3.05) is 0 Å². The van der Waals surface area contributed by atoms with Gasteiger partial charge in [-0.25, -0.2) is 0 Å². The second kappa shape index (κ2) is 5.94. The van der Waals surface area contributed by atoms with Gasteiger partial charge in [-0.05, 0) is 0 Å². The minimum absolute atomic E-state index is 0. The van der Waals surface area contributed by atoms with Crippen molar-refractivity contribution in [3.8, 4) is 6.07 Å². The standard InChI is InChI=1S/C7H3N.Cm.Y/c8-6-7-4-2-1-3-5-7;;/h1-2,5H;;/q-2;;. The summed E-state index contributed by atoms with van der Waals surface area (Å²) in [6.07, 6.45) is 0. The molecule has 0 aliphatic carbocycles. The Kier molecular flexibility index (Phi) is 6.89. The molecule has 0 saturated carbocycles. The van der Waals surface area contributed by atoms with Crippen LogP contribution in [-0.2, 0) is 32.7 Å². The molecule has 0 fully saturated rings. The van der Waals surface area contributed by atoms with Crippen molar-refractivity contribution in [1.29, 1.82) is 5.26 Å². The first-order valence-corrected chi connectivity index (χ1v) is 2.21. The first-order chi connectivity index (χ1) is 3.93. The van der Waals surface area contributed by atoms with E-state index in [-0.39, 0.29) is 32.7 Å². The fourth-order valence-electron chi connectivity index (χ4n) is 0.417. The molecule has 0 spiro atoms. The van der Waals surface area contributed by atoms with Crippen LogP contribution in [0.3, 0.4) is 0 Å². The van der Waals surface area contributed by atoms with Crippen LogP contribution < -0.4 is 0 Å². The van der Waals surface area contributed by atoms with E-state index in [0.717, 1.165) is 0 Å². The Morgan fingerprint density at radius 1 is 1.40 bits per heavy atom. The van der Waals surface area contributed by atoms with Crippen molar-refractivity contribution in [3.63, 3.8) is 0 Å². The van der Waals surface area contributed by atoms with E-state index in [1.165, 1.54) is 0 Å². The van der Waals surface area contributed by atoms with Crippen LogP contribution in [0.15, 0.2) is 18.2 Å². The Morgan fingerprint density at radius 2 is 2.10 bits per heavy atom. The van der Waals surface area contributed by atoms with Crippen molar-refractivity contribution in [2.24, 2.45) is 0 Å². The molecule has 0 unspecified atom stereocenters. The van der Waals surface area contributed by atoms with E-state index in [2.05, 4.69) is 12.1 Å². The van der Waals surface area contributed by atoms with Gasteiger partial charge in [-0.15, -0.1) is 0 Å². The van der Waals surface area contributed by atoms with Gasteiger partial charge in [0, 0.05) is 32.7 Å². The summed E-state index contributed by atoms with van der Waals surface area (Å²) in [5.74, 6) is 0. The smallest absolute Gasteiger partial charge is 0 e. The zero-order chi connectivity index (χ0) is 5.82. The second-order valence-electron chi connectivity index (χ2n) is 1.31. The summed E-state index contributed by atoms with van der Waals surface area (Å²) in [5.41, 5.74) is 0.535. The maximum absolute atomic E-state index is 8.24. The average Bonchev–Trinajstić information content (AvgIpc) is 1.90. The summed E-state index contributed by atoms with van der Waals surface area (Å²) in [6, 6.07) is 12.4. The van der Waals surface area contributed by atoms with Gasteiger partial charge in [0.15, 0.2) is 0 Å². The van der Waals surface area contributed by atoms with Crippen molar-refractivity contribution in [2.45, 2.75) is 0 Å². The molecule has 0 saturated heterocycles. The van der Waals surface area contributed by atoms with Gasteiger partial charge in [-0.1, -0.05) is 6.07 Å². The maximum atomic E-state index is 8.24. The topological polar surface area (TPSA) is 23.8 Å². The molecule has 0 bridgehead atoms. The van der Waals surface area contributed by atoms with E-state index in [4.69, 9.17) is 5.26 Å². The van der Waals surface area contributed by atoms with Gasteiger partial charge < -0.3 is 0 Å². The molecular formula is C7H3CmNY-2. The monoisotopic (exact) mass is 433 g/mol. The van der Waals surface area contributed by atoms with Crippen molar-refractivity contribution >= 4 is 0 Å². The molecule has 0 aliphatic heterocycles. The van der Waals surface area contributed by atoms with Gasteiger partial charge in [0.05, 0.1) is 0 Å². The molecule has 1 aromatic carbocycles. The van der Waals surface area contributed by atoms with E-state index in [1.807, 2.05) is 6.07 Å². The molecule has 1 nitrogen and oxygen atoms in total. The number of hydrogen-bond acceptors (Lipinski definition) is 1. The van der Waals surface area contributed by atoms with Crippen molar-refractivity contribution < 1.29 is 32.7 Å². The molecule has 1 radical (unpaired) electrons. The molecule has 0 atom stereocenters. The number of benzene rings is 1. The first-order valence-electron chi connectivity index (χ1n) is 2.21. The molecule has 0 N–H and O–H groups in total. The maximum Gasteiger partial charge on any atom is 0 e. The third-order valence-corrected chi connectivity index (χ3v) is 0.767. The first kappa shape index (κ1) is 11.6. The Morgan fingerprint density at radius 3 is 2.40 bits per heavy atom. The zero-order valence-electron chi connectivity index (χ0n) is 5.11. The summed E-state index contributed by atoms with van der Waals surface area (Å²) < 4.78 is 0. The molecule has 0 amide bonds. The Bertz CT molecular complexity index is 205. The molecule has 1 aromatic rings. The largest absolute Gasteiger partial charge is 0.285 e. The van der Waals surface area contributed by atoms with Crippen molar-refractivity contribution in [1.82, 2.24) is 0 Å². The van der Waals surface area contributed by atoms with E-state index in [1.54, 1.807) is 18.2 Å². The molecule has 0 aromatic heterocycles. The van der Waals surface area contributed by atoms with E-state index >= 15 is 0 Å². The predicted molar refractivity (Wildman–Crippen MR) is 28.8 cm³/mol. The minimum atomic E-state index is 0. The Labute approximate surface area is 79.6 Å². The summed E-state index contributed by atoms with van der Waals surface area (Å²) >= 11 is 0. The average molecular weight is 437 g/mol. The summed E-state index contributed by atoms with van der Waals surface area (Å²) in [4.78, 5) is 0. The van der Waals surface area contributed by atoms with Crippen LogP contribution in [0.4, 0.5) is 0 Å². The molecule has 1 rings (SSSR count).